The summed E-state index contributed by atoms with van der Waals surface area (Å²) in [6, 6.07) is 12.4. The van der Waals surface area contributed by atoms with Crippen molar-refractivity contribution in [3.8, 4) is 5.75 Å². The summed E-state index contributed by atoms with van der Waals surface area (Å²) in [6.45, 7) is 15.9. The molecule has 0 aromatic heterocycles. The lowest BCUT2D eigenvalue weighted by atomic mass is 9.66. The standard InChI is InChI=1S/C36H44ClN3O6/c1-7-20-38(26-14-16-27(17-15-26)45-9-3)32(42)29-30-33(43)40(28(22-41)23(4)5)31(36(30)19-18-35(29,6)46-36)34(44)39(21-8-2)25-12-10-24(37)11-13-25/h7-8,10-17,23,28-31,41H,1-2,9,18-22H2,3-6H3/t28-,29+,30-,31?,35-,36?/m0/s1. The number of hydrogen-bond donors (Lipinski definition) is 1. The van der Waals surface area contributed by atoms with Crippen molar-refractivity contribution in [2.45, 2.75) is 63.8 Å². The molecule has 3 aliphatic rings. The fraction of sp³-hybridized carbons (Fsp3) is 0.472. The van der Waals surface area contributed by atoms with Crippen molar-refractivity contribution in [3.63, 3.8) is 0 Å². The second-order valence-electron chi connectivity index (χ2n) is 12.8. The van der Waals surface area contributed by atoms with Crippen LogP contribution in [0.4, 0.5) is 11.4 Å². The Balaban J connectivity index is 1.61. The number of nitrogens with zero attached hydrogens (tertiary/aromatic N) is 3. The lowest BCUT2D eigenvalue weighted by molar-refractivity contribution is -0.149. The topological polar surface area (TPSA) is 99.6 Å². The molecule has 3 saturated heterocycles. The summed E-state index contributed by atoms with van der Waals surface area (Å²) < 4.78 is 12.5. The van der Waals surface area contributed by atoms with E-state index in [0.717, 1.165) is 0 Å². The summed E-state index contributed by atoms with van der Waals surface area (Å²) in [4.78, 5) is 49.0. The van der Waals surface area contributed by atoms with Gasteiger partial charge in [0, 0.05) is 29.5 Å². The Bertz CT molecular complexity index is 1480. The first kappa shape index (κ1) is 33.7. The smallest absolute Gasteiger partial charge is 0.253 e. The summed E-state index contributed by atoms with van der Waals surface area (Å²) in [7, 11) is 0. The van der Waals surface area contributed by atoms with E-state index >= 15 is 0 Å². The molecular formula is C36H44ClN3O6. The SMILES string of the molecule is C=CCN(C(=O)C1N([C@@H](CO)C(C)C)C(=O)[C@@H]2[C@H](C(=O)N(CC=C)c3ccc(OCC)cc3)[C@]3(C)CCC12O3)c1ccc(Cl)cc1. The number of anilines is 2. The molecule has 5 rings (SSSR count). The molecule has 3 fully saturated rings. The van der Waals surface area contributed by atoms with Crippen LogP contribution in [0.25, 0.3) is 0 Å². The third kappa shape index (κ3) is 5.52. The molecule has 0 saturated carbocycles. The van der Waals surface area contributed by atoms with Crippen molar-refractivity contribution in [1.82, 2.24) is 4.90 Å². The summed E-state index contributed by atoms with van der Waals surface area (Å²) in [5.41, 5.74) is -1.02. The Hall–Kier alpha value is -3.66. The first-order valence-electron chi connectivity index (χ1n) is 15.9. The zero-order valence-corrected chi connectivity index (χ0v) is 27.8. The van der Waals surface area contributed by atoms with Gasteiger partial charge in [0.15, 0.2) is 0 Å². The van der Waals surface area contributed by atoms with E-state index in [0.29, 0.717) is 41.6 Å². The minimum Gasteiger partial charge on any atom is -0.494 e. The number of ether oxygens (including phenoxy) is 2. The van der Waals surface area contributed by atoms with Gasteiger partial charge < -0.3 is 29.3 Å². The van der Waals surface area contributed by atoms with Gasteiger partial charge in [-0.05, 0) is 81.1 Å². The lowest BCUT2D eigenvalue weighted by Crippen LogP contribution is -2.60. The monoisotopic (exact) mass is 649 g/mol. The number of rotatable bonds is 13. The van der Waals surface area contributed by atoms with Crippen molar-refractivity contribution in [3.05, 3.63) is 78.9 Å². The molecule has 3 heterocycles. The van der Waals surface area contributed by atoms with E-state index in [9.17, 15) is 19.5 Å². The van der Waals surface area contributed by atoms with E-state index in [1.165, 1.54) is 4.90 Å². The summed E-state index contributed by atoms with van der Waals surface area (Å²) in [6.07, 6.45) is 4.18. The molecule has 2 unspecified atom stereocenters. The van der Waals surface area contributed by atoms with E-state index in [-0.39, 0.29) is 43.3 Å². The average molecular weight is 650 g/mol. The van der Waals surface area contributed by atoms with Gasteiger partial charge in [-0.25, -0.2) is 0 Å². The van der Waals surface area contributed by atoms with E-state index in [2.05, 4.69) is 13.2 Å². The van der Waals surface area contributed by atoms with Crippen molar-refractivity contribution in [1.29, 1.82) is 0 Å². The fourth-order valence-electron chi connectivity index (χ4n) is 7.73. The number of benzene rings is 2. The van der Waals surface area contributed by atoms with Gasteiger partial charge in [-0.1, -0.05) is 37.6 Å². The molecule has 46 heavy (non-hydrogen) atoms. The third-order valence-electron chi connectivity index (χ3n) is 9.78. The van der Waals surface area contributed by atoms with Crippen LogP contribution in [-0.4, -0.2) is 77.3 Å². The fourth-order valence-corrected chi connectivity index (χ4v) is 7.85. The van der Waals surface area contributed by atoms with Crippen LogP contribution >= 0.6 is 11.6 Å². The van der Waals surface area contributed by atoms with Crippen molar-refractivity contribution >= 4 is 40.7 Å². The minimum atomic E-state index is -1.27. The number of aliphatic hydroxyl groups is 1. The number of hydrogen-bond acceptors (Lipinski definition) is 6. The second kappa shape index (κ2) is 13.2. The molecule has 246 valence electrons. The normalized spacial score (nSPS) is 27.0. The largest absolute Gasteiger partial charge is 0.494 e. The first-order valence-corrected chi connectivity index (χ1v) is 16.3. The highest BCUT2D eigenvalue weighted by Gasteiger charge is 2.79. The van der Waals surface area contributed by atoms with Gasteiger partial charge in [0.05, 0.1) is 36.7 Å². The first-order chi connectivity index (χ1) is 22.0. The van der Waals surface area contributed by atoms with Gasteiger partial charge in [-0.3, -0.25) is 14.4 Å². The number of carbonyl (C=O) groups excluding carboxylic acids is 3. The number of amides is 3. The molecule has 6 atom stereocenters. The predicted molar refractivity (Wildman–Crippen MR) is 179 cm³/mol. The maximum absolute atomic E-state index is 14.8. The van der Waals surface area contributed by atoms with E-state index in [4.69, 9.17) is 21.1 Å². The van der Waals surface area contributed by atoms with Gasteiger partial charge in [0.2, 0.25) is 11.8 Å². The number of halogens is 1. The number of carbonyl (C=O) groups is 3. The van der Waals surface area contributed by atoms with Crippen LogP contribution in [0.1, 0.15) is 40.5 Å². The summed E-state index contributed by atoms with van der Waals surface area (Å²) in [5.74, 6) is -2.27. The molecule has 2 aromatic carbocycles. The van der Waals surface area contributed by atoms with Gasteiger partial charge in [-0.2, -0.15) is 0 Å². The highest BCUT2D eigenvalue weighted by Crippen LogP contribution is 2.64. The van der Waals surface area contributed by atoms with E-state index < -0.39 is 35.1 Å². The molecule has 3 amide bonds. The van der Waals surface area contributed by atoms with Crippen LogP contribution in [0.2, 0.25) is 5.02 Å². The van der Waals surface area contributed by atoms with Crippen LogP contribution in [-0.2, 0) is 19.1 Å². The molecule has 10 heteroatoms. The molecule has 0 radical (unpaired) electrons. The molecule has 0 aliphatic carbocycles. The van der Waals surface area contributed by atoms with Crippen LogP contribution in [0.15, 0.2) is 73.8 Å². The Kier molecular flexibility index (Phi) is 9.68. The Morgan fingerprint density at radius 1 is 1.04 bits per heavy atom. The molecule has 1 spiro atoms. The molecule has 9 nitrogen and oxygen atoms in total. The van der Waals surface area contributed by atoms with Crippen molar-refractivity contribution < 1.29 is 29.0 Å². The molecule has 3 aliphatic heterocycles. The van der Waals surface area contributed by atoms with Gasteiger partial charge in [0.1, 0.15) is 17.4 Å². The zero-order chi connectivity index (χ0) is 33.4. The number of fused-ring (bicyclic) bond motifs is 1. The van der Waals surface area contributed by atoms with Crippen LogP contribution in [0.5, 0.6) is 5.75 Å². The Morgan fingerprint density at radius 3 is 2.13 bits per heavy atom. The van der Waals surface area contributed by atoms with Crippen molar-refractivity contribution in [2.75, 3.05) is 36.1 Å². The van der Waals surface area contributed by atoms with Gasteiger partial charge >= 0.3 is 0 Å². The van der Waals surface area contributed by atoms with E-state index in [1.807, 2.05) is 39.8 Å². The molecule has 2 aromatic rings. The van der Waals surface area contributed by atoms with Crippen molar-refractivity contribution in [2.24, 2.45) is 17.8 Å². The quantitative estimate of drug-likeness (QED) is 0.297. The number of likely N-dealkylation sites (tertiary alicyclic amines) is 1. The molecular weight excluding hydrogens is 606 g/mol. The maximum atomic E-state index is 14.8. The van der Waals surface area contributed by atoms with Crippen LogP contribution < -0.4 is 14.5 Å². The second-order valence-corrected chi connectivity index (χ2v) is 13.3. The highest BCUT2D eigenvalue weighted by molar-refractivity contribution is 6.30. The molecule has 1 N–H and O–H groups in total. The third-order valence-corrected chi connectivity index (χ3v) is 10.0. The summed E-state index contributed by atoms with van der Waals surface area (Å²) >= 11 is 6.16. The Morgan fingerprint density at radius 2 is 1.61 bits per heavy atom. The lowest BCUT2D eigenvalue weighted by Gasteiger charge is -2.40. The maximum Gasteiger partial charge on any atom is 0.253 e. The Labute approximate surface area is 276 Å². The van der Waals surface area contributed by atoms with Crippen LogP contribution in [0.3, 0.4) is 0 Å². The molecule has 2 bridgehead atoms. The predicted octanol–water partition coefficient (Wildman–Crippen LogP) is 5.26. The van der Waals surface area contributed by atoms with Gasteiger partial charge in [-0.15, -0.1) is 13.2 Å². The van der Waals surface area contributed by atoms with E-state index in [1.54, 1.807) is 58.4 Å². The van der Waals surface area contributed by atoms with Gasteiger partial charge in [0.25, 0.3) is 5.91 Å². The number of aliphatic hydroxyl groups excluding tert-OH is 1. The average Bonchev–Trinajstić information content (AvgIpc) is 3.60. The summed E-state index contributed by atoms with van der Waals surface area (Å²) in [5, 5.41) is 11.1. The van der Waals surface area contributed by atoms with Crippen LogP contribution in [0, 0.1) is 17.8 Å². The minimum absolute atomic E-state index is 0.175. The highest BCUT2D eigenvalue weighted by atomic mass is 35.5. The zero-order valence-electron chi connectivity index (χ0n) is 27.0.